The van der Waals surface area contributed by atoms with Crippen molar-refractivity contribution in [3.05, 3.63) is 61.0 Å². The molecule has 0 unspecified atom stereocenters. The molecule has 1 aromatic carbocycles. The first-order valence-electron chi connectivity index (χ1n) is 4.81. The fourth-order valence-electron chi connectivity index (χ4n) is 1.48. The summed E-state index contributed by atoms with van der Waals surface area (Å²) in [6, 6.07) is 5.92. The molecule has 7 heteroatoms. The maximum atomic E-state index is 11.2. The number of aromatic nitrogens is 1. The highest BCUT2D eigenvalue weighted by molar-refractivity contribution is 6.35. The van der Waals surface area contributed by atoms with Crippen molar-refractivity contribution in [1.82, 2.24) is 4.98 Å². The third-order valence-corrected chi connectivity index (χ3v) is 2.88. The molecule has 0 aliphatic carbocycles. The highest BCUT2D eigenvalue weighted by Crippen LogP contribution is 2.30. The fourth-order valence-corrected chi connectivity index (χ4v) is 1.88. The number of nitro groups is 1. The van der Waals surface area contributed by atoms with Crippen LogP contribution in [0.15, 0.2) is 35.3 Å². The zero-order chi connectivity index (χ0) is 13.3. The van der Waals surface area contributed by atoms with Crippen LogP contribution in [0, 0.1) is 10.1 Å². The lowest BCUT2D eigenvalue weighted by atomic mass is 10.1. The number of nitrogens with one attached hydrogen (secondary N) is 1. The molecule has 0 aliphatic rings. The van der Waals surface area contributed by atoms with Crippen molar-refractivity contribution < 1.29 is 4.92 Å². The minimum absolute atomic E-state index is 0.390. The Balaban J connectivity index is 2.65. The standard InChI is InChI=1S/C11H6Cl2N2O3/c12-7-1-2-9(13)8(4-7)6-3-10(15(17)18)11(16)14-5-6/h1-5H,(H,14,16). The van der Waals surface area contributed by atoms with Crippen LogP contribution in [0.2, 0.25) is 10.0 Å². The first kappa shape index (κ1) is 12.6. The van der Waals surface area contributed by atoms with E-state index in [4.69, 9.17) is 23.2 Å². The number of rotatable bonds is 2. The minimum Gasteiger partial charge on any atom is -0.323 e. The molecule has 2 rings (SSSR count). The average Bonchev–Trinajstić information content (AvgIpc) is 2.33. The van der Waals surface area contributed by atoms with E-state index in [1.807, 2.05) is 0 Å². The van der Waals surface area contributed by atoms with Crippen LogP contribution >= 0.6 is 23.2 Å². The molecule has 0 saturated heterocycles. The number of hydrogen-bond acceptors (Lipinski definition) is 3. The molecule has 0 spiro atoms. The van der Waals surface area contributed by atoms with Crippen molar-refractivity contribution in [2.24, 2.45) is 0 Å². The Labute approximate surface area is 111 Å². The zero-order valence-corrected chi connectivity index (χ0v) is 10.3. The molecule has 0 atom stereocenters. The van der Waals surface area contributed by atoms with E-state index in [-0.39, 0.29) is 0 Å². The molecule has 0 radical (unpaired) electrons. The van der Waals surface area contributed by atoms with Crippen LogP contribution in [-0.4, -0.2) is 9.91 Å². The van der Waals surface area contributed by atoms with Gasteiger partial charge < -0.3 is 4.98 Å². The van der Waals surface area contributed by atoms with Crippen molar-refractivity contribution in [2.75, 3.05) is 0 Å². The van der Waals surface area contributed by atoms with Crippen LogP contribution in [0.25, 0.3) is 11.1 Å². The summed E-state index contributed by atoms with van der Waals surface area (Å²) in [5, 5.41) is 11.5. The van der Waals surface area contributed by atoms with Gasteiger partial charge in [-0.1, -0.05) is 23.2 Å². The van der Waals surface area contributed by atoms with Crippen molar-refractivity contribution in [1.29, 1.82) is 0 Å². The Bertz CT molecular complexity index is 682. The number of aromatic amines is 1. The second-order valence-corrected chi connectivity index (χ2v) is 4.33. The molecule has 0 bridgehead atoms. The molecule has 0 saturated carbocycles. The number of pyridine rings is 1. The number of halogens is 2. The van der Waals surface area contributed by atoms with Gasteiger partial charge in [0.2, 0.25) is 0 Å². The molecule has 1 N–H and O–H groups in total. The van der Waals surface area contributed by atoms with Gasteiger partial charge in [-0.25, -0.2) is 0 Å². The first-order chi connectivity index (χ1) is 8.49. The van der Waals surface area contributed by atoms with Gasteiger partial charge in [0.1, 0.15) is 0 Å². The maximum absolute atomic E-state index is 11.2. The Hall–Kier alpha value is -1.85. The Morgan fingerprint density at radius 2 is 1.94 bits per heavy atom. The third-order valence-electron chi connectivity index (χ3n) is 2.32. The highest BCUT2D eigenvalue weighted by atomic mass is 35.5. The topological polar surface area (TPSA) is 76.0 Å². The van der Waals surface area contributed by atoms with Crippen LogP contribution in [0.4, 0.5) is 5.69 Å². The van der Waals surface area contributed by atoms with Gasteiger partial charge in [-0.15, -0.1) is 0 Å². The number of nitrogens with zero attached hydrogens (tertiary/aromatic N) is 1. The van der Waals surface area contributed by atoms with Crippen molar-refractivity contribution in [3.8, 4) is 11.1 Å². The summed E-state index contributed by atoms with van der Waals surface area (Å²) < 4.78 is 0. The van der Waals surface area contributed by atoms with Crippen LogP contribution in [0.1, 0.15) is 0 Å². The number of benzene rings is 1. The lowest BCUT2D eigenvalue weighted by Crippen LogP contribution is -2.10. The predicted molar refractivity (Wildman–Crippen MR) is 69.2 cm³/mol. The van der Waals surface area contributed by atoms with E-state index in [0.717, 1.165) is 6.07 Å². The summed E-state index contributed by atoms with van der Waals surface area (Å²) in [7, 11) is 0. The average molecular weight is 285 g/mol. The summed E-state index contributed by atoms with van der Waals surface area (Å²) >= 11 is 11.8. The van der Waals surface area contributed by atoms with Gasteiger partial charge >= 0.3 is 11.2 Å². The van der Waals surface area contributed by atoms with Crippen LogP contribution < -0.4 is 5.56 Å². The molecule has 92 valence electrons. The van der Waals surface area contributed by atoms with E-state index in [1.165, 1.54) is 6.20 Å². The summed E-state index contributed by atoms with van der Waals surface area (Å²) in [5.41, 5.74) is -0.359. The van der Waals surface area contributed by atoms with E-state index in [1.54, 1.807) is 18.2 Å². The quantitative estimate of drug-likeness (QED) is 0.679. The molecule has 0 amide bonds. The lowest BCUT2D eigenvalue weighted by molar-refractivity contribution is -0.386. The van der Waals surface area contributed by atoms with Crippen molar-refractivity contribution in [3.63, 3.8) is 0 Å². The second kappa shape index (κ2) is 4.80. The summed E-state index contributed by atoms with van der Waals surface area (Å²) in [5.74, 6) is 0. The molecule has 1 heterocycles. The van der Waals surface area contributed by atoms with E-state index in [9.17, 15) is 14.9 Å². The summed E-state index contributed by atoms with van der Waals surface area (Å²) in [6.45, 7) is 0. The van der Waals surface area contributed by atoms with E-state index in [0.29, 0.717) is 21.2 Å². The second-order valence-electron chi connectivity index (χ2n) is 3.48. The van der Waals surface area contributed by atoms with Gasteiger partial charge in [0, 0.05) is 33.4 Å². The Morgan fingerprint density at radius 1 is 1.22 bits per heavy atom. The van der Waals surface area contributed by atoms with Gasteiger partial charge in [0.25, 0.3) is 0 Å². The monoisotopic (exact) mass is 284 g/mol. The lowest BCUT2D eigenvalue weighted by Gasteiger charge is -2.04. The Morgan fingerprint density at radius 3 is 2.61 bits per heavy atom. The van der Waals surface area contributed by atoms with Crippen LogP contribution in [-0.2, 0) is 0 Å². The SMILES string of the molecule is O=c1[nH]cc(-c2cc(Cl)ccc2Cl)cc1[N+](=O)[O-]. The Kier molecular flexibility index (Phi) is 3.36. The molecule has 2 aromatic rings. The largest absolute Gasteiger partial charge is 0.334 e. The molecule has 0 fully saturated rings. The normalized spacial score (nSPS) is 10.3. The van der Waals surface area contributed by atoms with Gasteiger partial charge in [0.15, 0.2) is 0 Å². The number of H-pyrrole nitrogens is 1. The van der Waals surface area contributed by atoms with E-state index in [2.05, 4.69) is 4.98 Å². The molecule has 5 nitrogen and oxygen atoms in total. The van der Waals surface area contributed by atoms with Crippen molar-refractivity contribution >= 4 is 28.9 Å². The van der Waals surface area contributed by atoms with E-state index < -0.39 is 16.2 Å². The predicted octanol–water partition coefficient (Wildman–Crippen LogP) is 3.26. The van der Waals surface area contributed by atoms with Gasteiger partial charge in [0.05, 0.1) is 4.92 Å². The molecule has 1 aromatic heterocycles. The highest BCUT2D eigenvalue weighted by Gasteiger charge is 2.15. The van der Waals surface area contributed by atoms with Gasteiger partial charge in [-0.3, -0.25) is 14.9 Å². The smallest absolute Gasteiger partial charge is 0.323 e. The third kappa shape index (κ3) is 2.37. The van der Waals surface area contributed by atoms with Crippen molar-refractivity contribution in [2.45, 2.75) is 0 Å². The van der Waals surface area contributed by atoms with E-state index >= 15 is 0 Å². The molecular formula is C11H6Cl2N2O3. The maximum Gasteiger partial charge on any atom is 0.334 e. The van der Waals surface area contributed by atoms with Gasteiger partial charge in [-0.05, 0) is 18.2 Å². The molecule has 18 heavy (non-hydrogen) atoms. The first-order valence-corrected chi connectivity index (χ1v) is 5.57. The van der Waals surface area contributed by atoms with Crippen LogP contribution in [0.5, 0.6) is 0 Å². The van der Waals surface area contributed by atoms with Gasteiger partial charge in [-0.2, -0.15) is 0 Å². The minimum atomic E-state index is -0.762. The zero-order valence-electron chi connectivity index (χ0n) is 8.81. The molecule has 0 aliphatic heterocycles. The summed E-state index contributed by atoms with van der Waals surface area (Å²) in [4.78, 5) is 23.5. The number of hydrogen-bond donors (Lipinski definition) is 1. The fraction of sp³-hybridized carbons (Fsp3) is 0. The molecular weight excluding hydrogens is 279 g/mol. The van der Waals surface area contributed by atoms with Crippen LogP contribution in [0.3, 0.4) is 0 Å². The summed E-state index contributed by atoms with van der Waals surface area (Å²) in [6.07, 6.45) is 1.35.